The van der Waals surface area contributed by atoms with Gasteiger partial charge in [-0.05, 0) is 0 Å². The lowest BCUT2D eigenvalue weighted by Gasteiger charge is -2.58. The summed E-state index contributed by atoms with van der Waals surface area (Å²) in [5, 5.41) is 0. The van der Waals surface area contributed by atoms with E-state index in [1.54, 1.807) is 0 Å². The highest BCUT2D eigenvalue weighted by Gasteiger charge is 2.88. The first-order valence-electron chi connectivity index (χ1n) is 11.3. The highest BCUT2D eigenvalue weighted by Crippen LogP contribution is 2.78. The van der Waals surface area contributed by atoms with Crippen molar-refractivity contribution in [2.45, 2.75) is 73.3 Å². The third-order valence-electron chi connectivity index (χ3n) is 6.42. The molecule has 0 amide bonds. The van der Waals surface area contributed by atoms with Crippen LogP contribution in [0.25, 0.3) is 0 Å². The Labute approximate surface area is 495 Å². The van der Waals surface area contributed by atoms with E-state index in [2.05, 4.69) is 4.18 Å². The molecule has 1 unspecified atom stereocenters. The number of hydrogen-bond donors (Lipinski definition) is 1. The molecule has 338 valence electrons. The zero-order valence-electron chi connectivity index (χ0n) is 23.4. The van der Waals surface area contributed by atoms with Crippen LogP contribution in [0.5, 0.6) is 0 Å². The number of rotatable bonds is 17. The van der Waals surface area contributed by atoms with Crippen molar-refractivity contribution in [2.24, 2.45) is 0 Å². The molecular formula is C17HCl35O3S. The molecule has 0 bridgehead atoms. The van der Waals surface area contributed by atoms with Gasteiger partial charge in [-0.15, -0.1) is 0 Å². The van der Waals surface area contributed by atoms with E-state index in [0.29, 0.717) is 0 Å². The van der Waals surface area contributed by atoms with Crippen LogP contribution in [0.3, 0.4) is 0 Å². The zero-order valence-corrected chi connectivity index (χ0v) is 50.7. The lowest BCUT2D eigenvalue weighted by molar-refractivity contribution is 0.208. The van der Waals surface area contributed by atoms with Gasteiger partial charge in [0.15, 0.2) is 56.3 Å². The Balaban J connectivity index is 7.81. The average Bonchev–Trinajstić information content (AvgIpc) is 2.94. The molecule has 0 saturated heterocycles. The molecule has 0 aliphatic carbocycles. The van der Waals surface area contributed by atoms with Gasteiger partial charge in [0.05, 0.1) is 0 Å². The van der Waals surface area contributed by atoms with E-state index in [-0.39, 0.29) is 0 Å². The van der Waals surface area contributed by atoms with Crippen LogP contribution in [0.4, 0.5) is 0 Å². The van der Waals surface area contributed by atoms with E-state index in [1.165, 1.54) is 0 Å². The Kier molecular flexibility index (Phi) is 23.5. The predicted molar refractivity (Wildman–Crippen MR) is 263 cm³/mol. The topological polar surface area (TPSA) is 46.5 Å². The van der Waals surface area contributed by atoms with Crippen LogP contribution in [0.2, 0.25) is 0 Å². The first-order chi connectivity index (χ1) is 23.4. The first-order valence-corrected chi connectivity index (χ1v) is 25.6. The van der Waals surface area contributed by atoms with Crippen LogP contribution in [0, 0.1) is 0 Å². The SMILES string of the molecule is O=S(O)OC(Cl)(Cl)C(Cl)(Cl)C(Cl)(Cl)C(Cl)(Cl)C(Cl)(Cl)C(Cl)(Cl)C(Cl)(Cl)C(Cl)(Cl)C(Cl)(Cl)C(Cl)(Cl)C(Cl)(Cl)C(Cl)(Cl)C(Cl)(Cl)C(Cl)(Cl)C(Cl)(Cl)C(Cl)(Cl)C(Cl)(Cl)Cl. The molecule has 0 rings (SSSR count). The first kappa shape index (κ1) is 66.2. The summed E-state index contributed by atoms with van der Waals surface area (Å²) in [4.78, 5) is 0. The molecule has 0 aliphatic rings. The van der Waals surface area contributed by atoms with Crippen molar-refractivity contribution in [1.29, 1.82) is 0 Å². The van der Waals surface area contributed by atoms with Gasteiger partial charge in [-0.25, -0.2) is 4.18 Å². The minimum atomic E-state index is -3.74. The molecule has 56 heavy (non-hydrogen) atoms. The fraction of sp³-hybridized carbons (Fsp3) is 1.00. The molecule has 39 heteroatoms. The molecule has 0 aromatic rings. The van der Waals surface area contributed by atoms with Crippen LogP contribution in [0.15, 0.2) is 0 Å². The zero-order chi connectivity index (χ0) is 46.8. The second kappa shape index (κ2) is 19.9. The quantitative estimate of drug-likeness (QED) is 0.117. The maximum absolute atomic E-state index is 11.3. The van der Waals surface area contributed by atoms with Crippen LogP contribution in [-0.4, -0.2) is 82.1 Å². The van der Waals surface area contributed by atoms with Crippen molar-refractivity contribution in [3.8, 4) is 0 Å². The number of halogens is 35. The molecule has 0 heterocycles. The summed E-state index contributed by atoms with van der Waals surface area (Å²) in [7, 11) is 0. The summed E-state index contributed by atoms with van der Waals surface area (Å²) in [5.41, 5.74) is 0. The molecule has 0 aromatic heterocycles. The maximum atomic E-state index is 11.3. The minimum Gasteiger partial charge on any atom is -0.284 e. The average molecular weight is 1530 g/mol. The maximum Gasteiger partial charge on any atom is 0.304 e. The minimum absolute atomic E-state index is 2.88. The Morgan fingerprint density at radius 3 is 0.500 bits per heavy atom. The van der Waals surface area contributed by atoms with Gasteiger partial charge in [-0.1, -0.05) is 406 Å². The van der Waals surface area contributed by atoms with Gasteiger partial charge in [0.1, 0.15) is 0 Å². The van der Waals surface area contributed by atoms with Crippen molar-refractivity contribution < 1.29 is 12.9 Å². The van der Waals surface area contributed by atoms with Crippen molar-refractivity contribution in [2.75, 3.05) is 0 Å². The second-order valence-corrected chi connectivity index (χ2v) is 34.0. The summed E-state index contributed by atoms with van der Waals surface area (Å²) in [6, 6.07) is 0. The molecule has 0 saturated carbocycles. The number of hydrogen-bond acceptors (Lipinski definition) is 2. The molecule has 3 nitrogen and oxygen atoms in total. The van der Waals surface area contributed by atoms with E-state index >= 15 is 0 Å². The van der Waals surface area contributed by atoms with E-state index in [9.17, 15) is 4.21 Å². The standard InChI is InChI=1S/C17HCl35O3S/c18-1(19,2(20,21)4(24,25)6(28,29)8(32,33)10(36,37)12(40,41)14(44,45)16(48,49)50)3(22,23)5(26,27)7(30,31)9(34,35)11(38,39)13(42,43)15(46,47)17(51,52)55-56(53)54/h(H,53,54). The third-order valence-corrected chi connectivity index (χ3v) is 31.9. The smallest absolute Gasteiger partial charge is 0.284 e. The molecular weight excluding hydrogens is 1530 g/mol. The molecule has 1 atom stereocenters. The van der Waals surface area contributed by atoms with Gasteiger partial charge >= 0.3 is 11.4 Å². The van der Waals surface area contributed by atoms with Gasteiger partial charge < -0.3 is 0 Å². The van der Waals surface area contributed by atoms with Crippen molar-refractivity contribution in [3.05, 3.63) is 0 Å². The van der Waals surface area contributed by atoms with E-state index < -0.39 is 84.7 Å². The summed E-state index contributed by atoms with van der Waals surface area (Å²) >= 11 is 218. The summed E-state index contributed by atoms with van der Waals surface area (Å²) in [5.74, 6) is 0. The summed E-state index contributed by atoms with van der Waals surface area (Å²) < 4.78 is -35.1. The van der Waals surface area contributed by atoms with Crippen molar-refractivity contribution in [1.82, 2.24) is 0 Å². The molecule has 0 spiro atoms. The highest BCUT2D eigenvalue weighted by atomic mass is 35.6. The number of alkyl halides is 35. The summed E-state index contributed by atoms with van der Waals surface area (Å²) in [6.45, 7) is 0. The molecule has 0 aromatic carbocycles. The van der Waals surface area contributed by atoms with Gasteiger partial charge in [0.25, 0.3) is 4.52 Å². The Morgan fingerprint density at radius 1 is 0.250 bits per heavy atom. The lowest BCUT2D eigenvalue weighted by Crippen LogP contribution is -2.76. The molecule has 0 radical (unpaired) electrons. The molecule has 1 N–H and O–H groups in total. The van der Waals surface area contributed by atoms with E-state index in [0.717, 1.165) is 0 Å². The molecule has 0 aliphatic heterocycles. The van der Waals surface area contributed by atoms with Crippen LogP contribution < -0.4 is 0 Å². The molecule has 0 fully saturated rings. The fourth-order valence-electron chi connectivity index (χ4n) is 3.07. The fourth-order valence-corrected chi connectivity index (χ4v) is 15.5. The Bertz CT molecular complexity index is 1470. The van der Waals surface area contributed by atoms with Gasteiger partial charge in [0.2, 0.25) is 12.5 Å². The van der Waals surface area contributed by atoms with Gasteiger partial charge in [-0.3, -0.25) is 4.55 Å². The van der Waals surface area contributed by atoms with Crippen molar-refractivity contribution in [3.63, 3.8) is 0 Å². The van der Waals surface area contributed by atoms with Gasteiger partial charge in [-0.2, -0.15) is 4.21 Å². The van der Waals surface area contributed by atoms with Crippen LogP contribution in [0.1, 0.15) is 0 Å². The van der Waals surface area contributed by atoms with E-state index in [1.807, 2.05) is 0 Å². The van der Waals surface area contributed by atoms with Crippen LogP contribution in [-0.2, 0) is 15.5 Å². The Morgan fingerprint density at radius 2 is 0.375 bits per heavy atom. The van der Waals surface area contributed by atoms with Crippen LogP contribution >= 0.6 is 406 Å². The third kappa shape index (κ3) is 10.1. The Hall–Kier alpha value is 10.2. The van der Waals surface area contributed by atoms with E-state index in [4.69, 9.17) is 411 Å². The van der Waals surface area contributed by atoms with Gasteiger partial charge in [0, 0.05) is 0 Å². The predicted octanol–water partition coefficient (Wildman–Crippen LogP) is 20.2. The second-order valence-electron chi connectivity index (χ2n) is 9.93. The monoisotopic (exact) mass is 1510 g/mol. The largest absolute Gasteiger partial charge is 0.304 e. The normalized spacial score (nSPS) is 17.7. The van der Waals surface area contributed by atoms with Crippen molar-refractivity contribution >= 4 is 417 Å². The lowest BCUT2D eigenvalue weighted by atomic mass is 9.96. The highest BCUT2D eigenvalue weighted by molar-refractivity contribution is 7.74. The summed E-state index contributed by atoms with van der Waals surface area (Å²) in [6.07, 6.45) is 0.